The molecule has 6 heteroatoms. The van der Waals surface area contributed by atoms with E-state index in [2.05, 4.69) is 9.97 Å². The molecule has 0 spiro atoms. The van der Waals surface area contributed by atoms with E-state index in [1.54, 1.807) is 31.5 Å². The summed E-state index contributed by atoms with van der Waals surface area (Å²) in [7, 11) is -2.97. The second-order valence-electron chi connectivity index (χ2n) is 4.70. The molecule has 0 aliphatic rings. The maximum Gasteiger partial charge on any atom is 0.150 e. The number of aliphatic hydroxyl groups excluding tert-OH is 1. The predicted molar refractivity (Wildman–Crippen MR) is 78.1 cm³/mol. The molecular weight excluding hydrogens is 276 g/mol. The molecule has 0 saturated heterocycles. The Bertz CT molecular complexity index is 686. The minimum atomic E-state index is -2.97. The molecule has 5 nitrogen and oxygen atoms in total. The van der Waals surface area contributed by atoms with Gasteiger partial charge in [-0.1, -0.05) is 13.0 Å². The fourth-order valence-corrected chi connectivity index (χ4v) is 2.89. The Morgan fingerprint density at radius 3 is 2.60 bits per heavy atom. The van der Waals surface area contributed by atoms with Crippen LogP contribution >= 0.6 is 0 Å². The number of fused-ring (bicyclic) bond motifs is 1. The molecule has 0 radical (unpaired) electrons. The quantitative estimate of drug-likeness (QED) is 0.880. The molecule has 20 heavy (non-hydrogen) atoms. The van der Waals surface area contributed by atoms with Gasteiger partial charge in [0.25, 0.3) is 0 Å². The average molecular weight is 294 g/mol. The second kappa shape index (κ2) is 6.28. The highest BCUT2D eigenvalue weighted by molar-refractivity contribution is 7.91. The fraction of sp³-hybridized carbons (Fsp3) is 0.429. The number of nitrogens with zero attached hydrogens (tertiary/aromatic N) is 2. The van der Waals surface area contributed by atoms with Crippen molar-refractivity contribution >= 4 is 20.9 Å². The normalized spacial score (nSPS) is 13.5. The van der Waals surface area contributed by atoms with Crippen LogP contribution in [-0.4, -0.2) is 35.0 Å². The number of hydrogen-bond acceptors (Lipinski definition) is 5. The minimum absolute atomic E-state index is 0.119. The van der Waals surface area contributed by atoms with Crippen molar-refractivity contribution in [3.63, 3.8) is 0 Å². The van der Waals surface area contributed by atoms with Crippen molar-refractivity contribution in [3.05, 3.63) is 36.2 Å². The van der Waals surface area contributed by atoms with Gasteiger partial charge in [0.2, 0.25) is 0 Å². The van der Waals surface area contributed by atoms with Gasteiger partial charge in [0, 0.05) is 18.1 Å². The molecule has 0 aliphatic carbocycles. The third-order valence-electron chi connectivity index (χ3n) is 3.25. The van der Waals surface area contributed by atoms with Gasteiger partial charge in [-0.3, -0.25) is 9.97 Å². The van der Waals surface area contributed by atoms with E-state index in [4.69, 9.17) is 0 Å². The SMILES string of the molecule is CCS(=O)(=O)CCCC(O)c1ccc2nccnc2c1. The zero-order valence-corrected chi connectivity index (χ0v) is 12.2. The third-order valence-corrected chi connectivity index (χ3v) is 5.04. The van der Waals surface area contributed by atoms with Gasteiger partial charge in [-0.15, -0.1) is 0 Å². The monoisotopic (exact) mass is 294 g/mol. The summed E-state index contributed by atoms with van der Waals surface area (Å²) in [4.78, 5) is 8.35. The van der Waals surface area contributed by atoms with E-state index in [1.165, 1.54) is 0 Å². The second-order valence-corrected chi connectivity index (χ2v) is 7.17. The summed E-state index contributed by atoms with van der Waals surface area (Å²) >= 11 is 0. The van der Waals surface area contributed by atoms with Gasteiger partial charge in [-0.05, 0) is 30.5 Å². The van der Waals surface area contributed by atoms with E-state index >= 15 is 0 Å². The Kier molecular flexibility index (Phi) is 4.67. The highest BCUT2D eigenvalue weighted by atomic mass is 32.2. The standard InChI is InChI=1S/C14H18N2O3S/c1-2-20(18,19)9-3-4-14(17)11-5-6-12-13(10-11)16-8-7-15-12/h5-8,10,14,17H,2-4,9H2,1H3. The molecule has 1 unspecified atom stereocenters. The van der Waals surface area contributed by atoms with Crippen LogP contribution in [0.3, 0.4) is 0 Å². The Labute approximate surface area is 118 Å². The maximum atomic E-state index is 11.4. The van der Waals surface area contributed by atoms with Crippen LogP contribution in [0.15, 0.2) is 30.6 Å². The predicted octanol–water partition coefficient (Wildman–Crippen LogP) is 1.88. The van der Waals surface area contributed by atoms with Crippen LogP contribution in [0.2, 0.25) is 0 Å². The summed E-state index contributed by atoms with van der Waals surface area (Å²) in [6.07, 6.45) is 3.43. The Morgan fingerprint density at radius 1 is 1.20 bits per heavy atom. The molecule has 1 N–H and O–H groups in total. The molecule has 108 valence electrons. The highest BCUT2D eigenvalue weighted by Gasteiger charge is 2.12. The summed E-state index contributed by atoms with van der Waals surface area (Å²) in [6.45, 7) is 1.63. The molecule has 0 saturated carbocycles. The van der Waals surface area contributed by atoms with Crippen molar-refractivity contribution in [2.24, 2.45) is 0 Å². The minimum Gasteiger partial charge on any atom is -0.388 e. The lowest BCUT2D eigenvalue weighted by molar-refractivity contribution is 0.167. The Hall–Kier alpha value is -1.53. The van der Waals surface area contributed by atoms with Crippen LogP contribution in [0.25, 0.3) is 11.0 Å². The Morgan fingerprint density at radius 2 is 1.90 bits per heavy atom. The van der Waals surface area contributed by atoms with Crippen LogP contribution in [0.1, 0.15) is 31.4 Å². The lowest BCUT2D eigenvalue weighted by atomic mass is 10.0. The third kappa shape index (κ3) is 3.74. The molecule has 2 aromatic rings. The van der Waals surface area contributed by atoms with E-state index in [0.717, 1.165) is 16.6 Å². The van der Waals surface area contributed by atoms with Gasteiger partial charge < -0.3 is 5.11 Å². The molecule has 0 fully saturated rings. The zero-order chi connectivity index (χ0) is 14.6. The van der Waals surface area contributed by atoms with Crippen molar-refractivity contribution in [2.75, 3.05) is 11.5 Å². The molecule has 1 heterocycles. The van der Waals surface area contributed by atoms with Crippen LogP contribution < -0.4 is 0 Å². The van der Waals surface area contributed by atoms with Crippen molar-refractivity contribution < 1.29 is 13.5 Å². The van der Waals surface area contributed by atoms with Crippen molar-refractivity contribution in [1.82, 2.24) is 9.97 Å². The molecule has 0 bridgehead atoms. The first-order chi connectivity index (χ1) is 9.52. The first-order valence-electron chi connectivity index (χ1n) is 6.61. The van der Waals surface area contributed by atoms with Gasteiger partial charge in [-0.2, -0.15) is 0 Å². The topological polar surface area (TPSA) is 80.2 Å². The number of benzene rings is 1. The largest absolute Gasteiger partial charge is 0.388 e. The summed E-state index contributed by atoms with van der Waals surface area (Å²) in [5, 5.41) is 10.1. The first-order valence-corrected chi connectivity index (χ1v) is 8.43. The van der Waals surface area contributed by atoms with Crippen LogP contribution in [0.5, 0.6) is 0 Å². The summed E-state index contributed by atoms with van der Waals surface area (Å²) in [6, 6.07) is 5.40. The number of aliphatic hydroxyl groups is 1. The summed E-state index contributed by atoms with van der Waals surface area (Å²) < 4.78 is 22.8. The van der Waals surface area contributed by atoms with Gasteiger partial charge in [-0.25, -0.2) is 8.42 Å². The molecule has 2 rings (SSSR count). The lowest BCUT2D eigenvalue weighted by Crippen LogP contribution is -2.10. The first kappa shape index (κ1) is 14.9. The maximum absolute atomic E-state index is 11.4. The molecular formula is C14H18N2O3S. The molecule has 1 aromatic heterocycles. The van der Waals surface area contributed by atoms with Gasteiger partial charge >= 0.3 is 0 Å². The zero-order valence-electron chi connectivity index (χ0n) is 11.4. The number of aromatic nitrogens is 2. The summed E-state index contributed by atoms with van der Waals surface area (Å²) in [5.41, 5.74) is 2.24. The molecule has 1 atom stereocenters. The van der Waals surface area contributed by atoms with Crippen LogP contribution in [0, 0.1) is 0 Å². The van der Waals surface area contributed by atoms with Gasteiger partial charge in [0.15, 0.2) is 0 Å². The average Bonchev–Trinajstić information content (AvgIpc) is 2.46. The van der Waals surface area contributed by atoms with Gasteiger partial charge in [0.05, 0.1) is 22.9 Å². The number of rotatable bonds is 6. The van der Waals surface area contributed by atoms with Crippen LogP contribution in [0.4, 0.5) is 0 Å². The van der Waals surface area contributed by atoms with E-state index in [-0.39, 0.29) is 11.5 Å². The highest BCUT2D eigenvalue weighted by Crippen LogP contribution is 2.21. The Balaban J connectivity index is 2.02. The molecule has 0 amide bonds. The smallest absolute Gasteiger partial charge is 0.150 e. The fourth-order valence-electron chi connectivity index (χ4n) is 2.00. The van der Waals surface area contributed by atoms with E-state index in [9.17, 15) is 13.5 Å². The molecule has 1 aromatic carbocycles. The van der Waals surface area contributed by atoms with Crippen LogP contribution in [-0.2, 0) is 9.84 Å². The van der Waals surface area contributed by atoms with E-state index < -0.39 is 15.9 Å². The van der Waals surface area contributed by atoms with Crippen molar-refractivity contribution in [3.8, 4) is 0 Å². The van der Waals surface area contributed by atoms with Crippen molar-refractivity contribution in [1.29, 1.82) is 0 Å². The van der Waals surface area contributed by atoms with Crippen molar-refractivity contribution in [2.45, 2.75) is 25.9 Å². The molecule has 0 aliphatic heterocycles. The number of sulfone groups is 1. The van der Waals surface area contributed by atoms with Gasteiger partial charge in [0.1, 0.15) is 9.84 Å². The number of hydrogen-bond donors (Lipinski definition) is 1. The van der Waals surface area contributed by atoms with E-state index in [1.807, 2.05) is 6.07 Å². The lowest BCUT2D eigenvalue weighted by Gasteiger charge is -2.11. The summed E-state index contributed by atoms with van der Waals surface area (Å²) in [5.74, 6) is 0.266. The van der Waals surface area contributed by atoms with E-state index in [0.29, 0.717) is 12.8 Å².